The Kier molecular flexibility index (Phi) is 4.51. The number of hydrogen-bond acceptors (Lipinski definition) is 2. The Hall–Kier alpha value is -1.06. The average Bonchev–Trinajstić information content (AvgIpc) is 2.46. The minimum atomic E-state index is -0.249. The molecule has 0 aromatic heterocycles. The second-order valence-corrected chi connectivity index (χ2v) is 7.10. The number of nitrogens with one attached hydrogen (secondary N) is 1. The van der Waals surface area contributed by atoms with Gasteiger partial charge in [-0.2, -0.15) is 0 Å². The highest BCUT2D eigenvalue weighted by Gasteiger charge is 2.43. The second kappa shape index (κ2) is 6.37. The van der Waals surface area contributed by atoms with Gasteiger partial charge in [-0.15, -0.1) is 0 Å². The minimum Gasteiger partial charge on any atom is -0.342 e. The Morgan fingerprint density at radius 2 is 1.76 bits per heavy atom. The first-order valence-electron chi connectivity index (χ1n) is 8.81. The predicted molar refractivity (Wildman–Crippen MR) is 81.6 cm³/mol. The van der Waals surface area contributed by atoms with Gasteiger partial charge in [-0.1, -0.05) is 32.6 Å². The first-order valence-corrected chi connectivity index (χ1v) is 8.81. The molecule has 2 saturated carbocycles. The van der Waals surface area contributed by atoms with Crippen LogP contribution in [0.1, 0.15) is 64.7 Å². The largest absolute Gasteiger partial charge is 0.342 e. The summed E-state index contributed by atoms with van der Waals surface area (Å²) in [5, 5.41) is 3.05. The van der Waals surface area contributed by atoms with Crippen LogP contribution in [-0.2, 0) is 9.59 Å². The molecule has 3 fully saturated rings. The van der Waals surface area contributed by atoms with Crippen LogP contribution in [0.3, 0.4) is 0 Å². The van der Waals surface area contributed by atoms with Gasteiger partial charge in [0.05, 0.1) is 0 Å². The van der Waals surface area contributed by atoms with E-state index >= 15 is 0 Å². The molecule has 3 rings (SSSR count). The molecule has 0 aromatic carbocycles. The molecule has 118 valence electrons. The molecule has 2 aliphatic carbocycles. The molecule has 2 atom stereocenters. The molecule has 1 N–H and O–H groups in total. The van der Waals surface area contributed by atoms with Gasteiger partial charge < -0.3 is 10.2 Å². The van der Waals surface area contributed by atoms with E-state index in [0.717, 1.165) is 25.8 Å². The van der Waals surface area contributed by atoms with E-state index in [1.54, 1.807) is 0 Å². The Bertz CT molecular complexity index is 400. The summed E-state index contributed by atoms with van der Waals surface area (Å²) in [6, 6.07) is -0.487. The van der Waals surface area contributed by atoms with Gasteiger partial charge in [0, 0.05) is 6.54 Å². The van der Waals surface area contributed by atoms with E-state index in [0.29, 0.717) is 11.8 Å². The van der Waals surface area contributed by atoms with Crippen molar-refractivity contribution < 1.29 is 9.59 Å². The van der Waals surface area contributed by atoms with Crippen LogP contribution < -0.4 is 5.32 Å². The zero-order valence-corrected chi connectivity index (χ0v) is 13.1. The summed E-state index contributed by atoms with van der Waals surface area (Å²) in [5.41, 5.74) is 0. The zero-order valence-electron chi connectivity index (χ0n) is 13.1. The van der Waals surface area contributed by atoms with Crippen LogP contribution >= 0.6 is 0 Å². The molecule has 4 heteroatoms. The van der Waals surface area contributed by atoms with Gasteiger partial charge in [0.25, 0.3) is 0 Å². The molecule has 1 heterocycles. The van der Waals surface area contributed by atoms with Crippen molar-refractivity contribution >= 4 is 11.8 Å². The van der Waals surface area contributed by atoms with Crippen LogP contribution in [-0.4, -0.2) is 35.3 Å². The second-order valence-electron chi connectivity index (χ2n) is 7.10. The molecular formula is C17H28N2O2. The third kappa shape index (κ3) is 2.95. The van der Waals surface area contributed by atoms with Gasteiger partial charge in [-0.25, -0.2) is 0 Å². The van der Waals surface area contributed by atoms with Crippen molar-refractivity contribution in [1.29, 1.82) is 0 Å². The molecule has 0 spiro atoms. The van der Waals surface area contributed by atoms with Crippen LogP contribution in [0.5, 0.6) is 0 Å². The maximum atomic E-state index is 12.9. The maximum Gasteiger partial charge on any atom is 0.246 e. The smallest absolute Gasteiger partial charge is 0.246 e. The zero-order chi connectivity index (χ0) is 14.8. The summed E-state index contributed by atoms with van der Waals surface area (Å²) < 4.78 is 0. The summed E-state index contributed by atoms with van der Waals surface area (Å²) >= 11 is 0. The van der Waals surface area contributed by atoms with Crippen LogP contribution in [0.4, 0.5) is 0 Å². The molecule has 21 heavy (non-hydrogen) atoms. The molecule has 0 radical (unpaired) electrons. The summed E-state index contributed by atoms with van der Waals surface area (Å²) in [5.74, 6) is 1.25. The average molecular weight is 292 g/mol. The van der Waals surface area contributed by atoms with Gasteiger partial charge in [0.15, 0.2) is 0 Å². The highest BCUT2D eigenvalue weighted by molar-refractivity contribution is 5.97. The van der Waals surface area contributed by atoms with Crippen molar-refractivity contribution in [2.75, 3.05) is 6.54 Å². The summed E-state index contributed by atoms with van der Waals surface area (Å²) in [6.45, 7) is 2.81. The first-order chi connectivity index (χ1) is 10.2. The van der Waals surface area contributed by atoms with Crippen LogP contribution in [0, 0.1) is 11.8 Å². The summed E-state index contributed by atoms with van der Waals surface area (Å²) in [4.78, 5) is 27.3. The van der Waals surface area contributed by atoms with Crippen LogP contribution in [0.2, 0.25) is 0 Å². The third-order valence-corrected chi connectivity index (χ3v) is 5.71. The highest BCUT2D eigenvalue weighted by atomic mass is 16.2. The number of hydrogen-bond donors (Lipinski definition) is 1. The number of piperazine rings is 1. The van der Waals surface area contributed by atoms with Crippen molar-refractivity contribution in [3.05, 3.63) is 0 Å². The number of carbonyl (C=O) groups excluding carboxylic acids is 2. The molecule has 2 unspecified atom stereocenters. The number of carbonyl (C=O) groups is 2. The Labute approximate surface area is 127 Å². The lowest BCUT2D eigenvalue weighted by Crippen LogP contribution is -2.66. The summed E-state index contributed by atoms with van der Waals surface area (Å²) in [7, 11) is 0. The lowest BCUT2D eigenvalue weighted by atomic mass is 9.80. The monoisotopic (exact) mass is 292 g/mol. The Balaban J connectivity index is 1.73. The van der Waals surface area contributed by atoms with Gasteiger partial charge in [0.2, 0.25) is 11.8 Å². The third-order valence-electron chi connectivity index (χ3n) is 5.71. The van der Waals surface area contributed by atoms with Gasteiger partial charge in [-0.05, 0) is 43.9 Å². The lowest BCUT2D eigenvalue weighted by molar-refractivity contribution is -0.152. The fourth-order valence-corrected chi connectivity index (χ4v) is 4.15. The van der Waals surface area contributed by atoms with Crippen molar-refractivity contribution in [3.63, 3.8) is 0 Å². The van der Waals surface area contributed by atoms with Crippen LogP contribution in [0.25, 0.3) is 0 Å². The van der Waals surface area contributed by atoms with Crippen molar-refractivity contribution in [2.24, 2.45) is 11.8 Å². The normalized spacial score (nSPS) is 32.0. The quantitative estimate of drug-likeness (QED) is 0.865. The number of amides is 2. The molecule has 0 bridgehead atoms. The standard InChI is InChI=1S/C17H28N2O2/c1-2-14-16(20)18-15(13-9-4-3-5-10-13)17(21)19(14)11-12-7-6-8-12/h12-15H,2-11H2,1H3,(H,18,20). The molecule has 1 saturated heterocycles. The van der Waals surface area contributed by atoms with E-state index in [4.69, 9.17) is 0 Å². The van der Waals surface area contributed by atoms with Crippen LogP contribution in [0.15, 0.2) is 0 Å². The molecule has 0 aromatic rings. The molecule has 3 aliphatic rings. The predicted octanol–water partition coefficient (Wildman–Crippen LogP) is 2.47. The maximum absolute atomic E-state index is 12.9. The molecular weight excluding hydrogens is 264 g/mol. The van der Waals surface area contributed by atoms with E-state index in [1.807, 2.05) is 11.8 Å². The fraction of sp³-hybridized carbons (Fsp3) is 0.882. The Morgan fingerprint density at radius 1 is 1.05 bits per heavy atom. The van der Waals surface area contributed by atoms with E-state index in [-0.39, 0.29) is 23.9 Å². The fourth-order valence-electron chi connectivity index (χ4n) is 4.15. The summed E-state index contributed by atoms with van der Waals surface area (Å²) in [6.07, 6.45) is 10.3. The number of nitrogens with zero attached hydrogens (tertiary/aromatic N) is 1. The van der Waals surface area contributed by atoms with E-state index < -0.39 is 0 Å². The van der Waals surface area contributed by atoms with Crippen molar-refractivity contribution in [2.45, 2.75) is 76.8 Å². The lowest BCUT2D eigenvalue weighted by Gasteiger charge is -2.44. The highest BCUT2D eigenvalue weighted by Crippen LogP contribution is 2.32. The first kappa shape index (κ1) is 14.9. The van der Waals surface area contributed by atoms with Gasteiger partial charge in [0.1, 0.15) is 12.1 Å². The minimum absolute atomic E-state index is 0.0759. The van der Waals surface area contributed by atoms with Crippen molar-refractivity contribution in [1.82, 2.24) is 10.2 Å². The Morgan fingerprint density at radius 3 is 2.33 bits per heavy atom. The molecule has 4 nitrogen and oxygen atoms in total. The van der Waals surface area contributed by atoms with Gasteiger partial charge in [-0.3, -0.25) is 9.59 Å². The van der Waals surface area contributed by atoms with E-state index in [9.17, 15) is 9.59 Å². The van der Waals surface area contributed by atoms with E-state index in [2.05, 4.69) is 5.32 Å². The molecule has 2 amide bonds. The van der Waals surface area contributed by atoms with Gasteiger partial charge >= 0.3 is 0 Å². The SMILES string of the molecule is CCC1C(=O)NC(C2CCCCC2)C(=O)N1CC1CCC1. The van der Waals surface area contributed by atoms with Crippen molar-refractivity contribution in [3.8, 4) is 0 Å². The molecule has 1 aliphatic heterocycles. The topological polar surface area (TPSA) is 49.4 Å². The number of rotatable bonds is 4. The van der Waals surface area contributed by atoms with E-state index in [1.165, 1.54) is 38.5 Å².